The molecule has 0 aliphatic carbocycles. The third kappa shape index (κ3) is 3.24. The van der Waals surface area contributed by atoms with Crippen molar-refractivity contribution in [3.05, 3.63) is 61.4 Å². The Kier molecular flexibility index (Phi) is 4.07. The summed E-state index contributed by atoms with van der Waals surface area (Å²) in [5.74, 6) is -0.499. The number of amides is 1. The lowest BCUT2D eigenvalue weighted by atomic mass is 10.2. The molecular weight excluding hydrogens is 332 g/mol. The van der Waals surface area contributed by atoms with E-state index in [0.717, 1.165) is 4.47 Å². The first-order valence-electron chi connectivity index (χ1n) is 5.43. The van der Waals surface area contributed by atoms with Crippen molar-refractivity contribution in [2.24, 2.45) is 0 Å². The molecular formula is C13H10BrClN2O2. The standard InChI is InChI=1S/C13H10BrClN2O2/c1-7-2-4-9(12(18)16-7)13(19)17-11-6-8(14)3-5-10(11)15/h2-6H,1H3,(H,16,18)(H,17,19). The van der Waals surface area contributed by atoms with Crippen LogP contribution in [0.3, 0.4) is 0 Å². The van der Waals surface area contributed by atoms with Gasteiger partial charge in [0.25, 0.3) is 11.5 Å². The quantitative estimate of drug-likeness (QED) is 0.880. The maximum Gasteiger partial charge on any atom is 0.261 e. The van der Waals surface area contributed by atoms with Crippen molar-refractivity contribution in [2.45, 2.75) is 6.92 Å². The van der Waals surface area contributed by atoms with E-state index in [1.165, 1.54) is 6.07 Å². The second kappa shape index (κ2) is 5.59. The molecule has 19 heavy (non-hydrogen) atoms. The second-order valence-electron chi connectivity index (χ2n) is 3.96. The Labute approximate surface area is 122 Å². The summed E-state index contributed by atoms with van der Waals surface area (Å²) in [5, 5.41) is 3.01. The molecule has 2 N–H and O–H groups in total. The van der Waals surface area contributed by atoms with Crippen molar-refractivity contribution in [3.8, 4) is 0 Å². The number of pyridine rings is 1. The van der Waals surface area contributed by atoms with E-state index in [-0.39, 0.29) is 5.56 Å². The van der Waals surface area contributed by atoms with Gasteiger partial charge >= 0.3 is 0 Å². The predicted octanol–water partition coefficient (Wildman–Crippen LogP) is 3.35. The van der Waals surface area contributed by atoms with Crippen LogP contribution in [0.25, 0.3) is 0 Å². The summed E-state index contributed by atoms with van der Waals surface area (Å²) in [6.07, 6.45) is 0. The minimum Gasteiger partial charge on any atom is -0.326 e. The number of halogens is 2. The highest BCUT2D eigenvalue weighted by Gasteiger charge is 2.12. The van der Waals surface area contributed by atoms with Crippen LogP contribution in [-0.4, -0.2) is 10.9 Å². The van der Waals surface area contributed by atoms with Gasteiger partial charge in [-0.25, -0.2) is 0 Å². The maximum atomic E-state index is 12.0. The number of H-pyrrole nitrogens is 1. The van der Waals surface area contributed by atoms with Crippen molar-refractivity contribution >= 4 is 39.1 Å². The molecule has 0 saturated carbocycles. The van der Waals surface area contributed by atoms with Crippen LogP contribution >= 0.6 is 27.5 Å². The Hall–Kier alpha value is -1.59. The van der Waals surface area contributed by atoms with Gasteiger partial charge in [0.15, 0.2) is 0 Å². The molecule has 0 radical (unpaired) electrons. The Morgan fingerprint density at radius 1 is 1.32 bits per heavy atom. The summed E-state index contributed by atoms with van der Waals surface area (Å²) < 4.78 is 0.782. The summed E-state index contributed by atoms with van der Waals surface area (Å²) in [6, 6.07) is 8.23. The van der Waals surface area contributed by atoms with Crippen LogP contribution in [-0.2, 0) is 0 Å². The Bertz CT molecular complexity index is 697. The zero-order valence-electron chi connectivity index (χ0n) is 9.96. The van der Waals surface area contributed by atoms with Crippen LogP contribution in [0.4, 0.5) is 5.69 Å². The van der Waals surface area contributed by atoms with E-state index >= 15 is 0 Å². The fraction of sp³-hybridized carbons (Fsp3) is 0.0769. The van der Waals surface area contributed by atoms with Crippen LogP contribution in [0.15, 0.2) is 39.6 Å². The normalized spacial score (nSPS) is 10.3. The lowest BCUT2D eigenvalue weighted by Gasteiger charge is -2.07. The van der Waals surface area contributed by atoms with Crippen LogP contribution in [0.5, 0.6) is 0 Å². The first kappa shape index (κ1) is 13.8. The lowest BCUT2D eigenvalue weighted by molar-refractivity contribution is 0.102. The van der Waals surface area contributed by atoms with Crippen LogP contribution in [0.2, 0.25) is 5.02 Å². The number of hydrogen-bond donors (Lipinski definition) is 2. The molecule has 1 aromatic heterocycles. The molecule has 0 aliphatic heterocycles. The summed E-state index contributed by atoms with van der Waals surface area (Å²) in [6.45, 7) is 1.74. The van der Waals surface area contributed by atoms with E-state index in [4.69, 9.17) is 11.6 Å². The molecule has 2 rings (SSSR count). The van der Waals surface area contributed by atoms with Crippen molar-refractivity contribution in [3.63, 3.8) is 0 Å². The molecule has 0 spiro atoms. The van der Waals surface area contributed by atoms with E-state index < -0.39 is 11.5 Å². The van der Waals surface area contributed by atoms with Crippen LogP contribution in [0, 0.1) is 6.92 Å². The Balaban J connectivity index is 2.31. The number of nitrogens with one attached hydrogen (secondary N) is 2. The summed E-state index contributed by atoms with van der Waals surface area (Å²) in [5.41, 5.74) is 0.758. The van der Waals surface area contributed by atoms with E-state index in [1.807, 2.05) is 0 Å². The number of carbonyl (C=O) groups is 1. The summed E-state index contributed by atoms with van der Waals surface area (Å²) in [7, 11) is 0. The molecule has 1 aromatic carbocycles. The summed E-state index contributed by atoms with van der Waals surface area (Å²) >= 11 is 9.26. The monoisotopic (exact) mass is 340 g/mol. The largest absolute Gasteiger partial charge is 0.326 e. The number of carbonyl (C=O) groups excluding carboxylic acids is 1. The SMILES string of the molecule is Cc1ccc(C(=O)Nc2cc(Br)ccc2Cl)c(=O)[nH]1. The first-order valence-corrected chi connectivity index (χ1v) is 6.61. The van der Waals surface area contributed by atoms with Gasteiger partial charge in [-0.15, -0.1) is 0 Å². The molecule has 0 fully saturated rings. The fourth-order valence-electron chi connectivity index (χ4n) is 1.53. The highest BCUT2D eigenvalue weighted by atomic mass is 79.9. The van der Waals surface area contributed by atoms with Crippen molar-refractivity contribution in [1.82, 2.24) is 4.98 Å². The number of rotatable bonds is 2. The number of benzene rings is 1. The van der Waals surface area contributed by atoms with Crippen molar-refractivity contribution < 1.29 is 4.79 Å². The van der Waals surface area contributed by atoms with Gasteiger partial charge in [0.2, 0.25) is 0 Å². The third-order valence-corrected chi connectivity index (χ3v) is 3.30. The molecule has 0 saturated heterocycles. The average molecular weight is 342 g/mol. The van der Waals surface area contributed by atoms with Crippen LogP contribution < -0.4 is 10.9 Å². The minimum absolute atomic E-state index is 0.0432. The third-order valence-electron chi connectivity index (χ3n) is 2.48. The van der Waals surface area contributed by atoms with E-state index in [2.05, 4.69) is 26.2 Å². The molecule has 0 aliphatic rings. The molecule has 0 unspecified atom stereocenters. The number of anilines is 1. The zero-order chi connectivity index (χ0) is 14.0. The molecule has 2 aromatic rings. The van der Waals surface area contributed by atoms with Gasteiger partial charge in [-0.2, -0.15) is 0 Å². The molecule has 0 atom stereocenters. The average Bonchev–Trinajstić information content (AvgIpc) is 2.33. The fourth-order valence-corrected chi connectivity index (χ4v) is 2.06. The van der Waals surface area contributed by atoms with Gasteiger partial charge in [-0.1, -0.05) is 27.5 Å². The van der Waals surface area contributed by atoms with E-state index in [1.54, 1.807) is 31.2 Å². The number of aromatic nitrogens is 1. The number of aryl methyl sites for hydroxylation is 1. The van der Waals surface area contributed by atoms with Gasteiger partial charge in [-0.3, -0.25) is 9.59 Å². The minimum atomic E-state index is -0.499. The predicted molar refractivity (Wildman–Crippen MR) is 78.9 cm³/mol. The van der Waals surface area contributed by atoms with E-state index in [9.17, 15) is 9.59 Å². The Morgan fingerprint density at radius 2 is 2.05 bits per heavy atom. The summed E-state index contributed by atoms with van der Waals surface area (Å²) in [4.78, 5) is 26.2. The molecule has 98 valence electrons. The lowest BCUT2D eigenvalue weighted by Crippen LogP contribution is -2.23. The van der Waals surface area contributed by atoms with Crippen molar-refractivity contribution in [1.29, 1.82) is 0 Å². The van der Waals surface area contributed by atoms with Gasteiger partial charge in [-0.05, 0) is 37.3 Å². The highest BCUT2D eigenvalue weighted by molar-refractivity contribution is 9.10. The number of aromatic amines is 1. The van der Waals surface area contributed by atoms with Gasteiger partial charge in [0.1, 0.15) is 5.56 Å². The van der Waals surface area contributed by atoms with Crippen LogP contribution in [0.1, 0.15) is 16.1 Å². The molecule has 1 amide bonds. The highest BCUT2D eigenvalue weighted by Crippen LogP contribution is 2.25. The molecule has 0 bridgehead atoms. The van der Waals surface area contributed by atoms with Gasteiger partial charge < -0.3 is 10.3 Å². The van der Waals surface area contributed by atoms with Gasteiger partial charge in [0.05, 0.1) is 10.7 Å². The topological polar surface area (TPSA) is 62.0 Å². The first-order chi connectivity index (χ1) is 8.97. The van der Waals surface area contributed by atoms with Crippen molar-refractivity contribution in [2.75, 3.05) is 5.32 Å². The van der Waals surface area contributed by atoms with Gasteiger partial charge in [0, 0.05) is 10.2 Å². The number of hydrogen-bond acceptors (Lipinski definition) is 2. The molecule has 1 heterocycles. The maximum absolute atomic E-state index is 12.0. The van der Waals surface area contributed by atoms with E-state index in [0.29, 0.717) is 16.4 Å². The zero-order valence-corrected chi connectivity index (χ0v) is 12.3. The molecule has 4 nitrogen and oxygen atoms in total. The smallest absolute Gasteiger partial charge is 0.261 e. The Morgan fingerprint density at radius 3 is 2.74 bits per heavy atom. The molecule has 6 heteroatoms. The second-order valence-corrected chi connectivity index (χ2v) is 5.29.